The second kappa shape index (κ2) is 6.22. The number of likely N-dealkylation sites (tertiary alicyclic amines) is 1. The van der Waals surface area contributed by atoms with Gasteiger partial charge in [0.15, 0.2) is 0 Å². The fraction of sp³-hybridized carbons (Fsp3) is 0.692. The van der Waals surface area contributed by atoms with Crippen molar-refractivity contribution in [2.45, 2.75) is 24.9 Å². The Labute approximate surface area is 109 Å². The molecule has 1 fully saturated rings. The maximum absolute atomic E-state index is 5.92. The molecule has 2 N–H and O–H groups in total. The van der Waals surface area contributed by atoms with E-state index in [1.807, 2.05) is 6.07 Å². The Balaban J connectivity index is 1.99. The highest BCUT2D eigenvalue weighted by Gasteiger charge is 2.26. The Morgan fingerprint density at radius 3 is 2.67 bits per heavy atom. The predicted molar refractivity (Wildman–Crippen MR) is 72.1 cm³/mol. The molecule has 0 aliphatic carbocycles. The minimum atomic E-state index is 0.233. The largest absolute Gasteiger partial charge is 0.329 e. The highest BCUT2D eigenvalue weighted by Crippen LogP contribution is 2.23. The van der Waals surface area contributed by atoms with Gasteiger partial charge in [-0.05, 0) is 33.0 Å². The smallest absolute Gasteiger partial charge is 0.115 e. The molecule has 1 aliphatic rings. The third kappa shape index (κ3) is 3.04. The maximum atomic E-state index is 5.92. The van der Waals surface area contributed by atoms with Crippen molar-refractivity contribution in [2.75, 3.05) is 33.7 Å². The van der Waals surface area contributed by atoms with Crippen LogP contribution in [-0.4, -0.2) is 59.5 Å². The van der Waals surface area contributed by atoms with Crippen LogP contribution >= 0.6 is 0 Å². The van der Waals surface area contributed by atoms with Gasteiger partial charge in [0, 0.05) is 31.9 Å². The molecule has 1 saturated heterocycles. The second-order valence-electron chi connectivity index (χ2n) is 5.12. The van der Waals surface area contributed by atoms with Gasteiger partial charge in [-0.15, -0.1) is 0 Å². The maximum Gasteiger partial charge on any atom is 0.115 e. The van der Waals surface area contributed by atoms with E-state index in [1.54, 1.807) is 12.5 Å². The van der Waals surface area contributed by atoms with Crippen molar-refractivity contribution in [3.05, 3.63) is 24.3 Å². The van der Waals surface area contributed by atoms with Crippen LogP contribution in [-0.2, 0) is 0 Å². The highest BCUT2D eigenvalue weighted by atomic mass is 15.2. The fourth-order valence-corrected chi connectivity index (χ4v) is 2.67. The summed E-state index contributed by atoms with van der Waals surface area (Å²) in [5, 5.41) is 0. The number of hydrogen-bond donors (Lipinski definition) is 1. The van der Waals surface area contributed by atoms with Gasteiger partial charge in [-0.25, -0.2) is 9.97 Å². The zero-order valence-electron chi connectivity index (χ0n) is 11.3. The number of rotatable bonds is 4. The molecule has 1 unspecified atom stereocenters. The van der Waals surface area contributed by atoms with Gasteiger partial charge in [0.2, 0.25) is 0 Å². The summed E-state index contributed by atoms with van der Waals surface area (Å²) < 4.78 is 0. The molecule has 5 nitrogen and oxygen atoms in total. The van der Waals surface area contributed by atoms with E-state index in [9.17, 15) is 0 Å². The van der Waals surface area contributed by atoms with E-state index in [0.717, 1.165) is 18.8 Å². The van der Waals surface area contributed by atoms with Gasteiger partial charge >= 0.3 is 0 Å². The van der Waals surface area contributed by atoms with E-state index in [0.29, 0.717) is 12.6 Å². The average Bonchev–Trinajstić information content (AvgIpc) is 2.41. The summed E-state index contributed by atoms with van der Waals surface area (Å²) in [6.45, 7) is 2.80. The van der Waals surface area contributed by atoms with Crippen LogP contribution in [0.25, 0.3) is 0 Å². The van der Waals surface area contributed by atoms with E-state index in [4.69, 9.17) is 5.73 Å². The Morgan fingerprint density at radius 1 is 1.44 bits per heavy atom. The van der Waals surface area contributed by atoms with Gasteiger partial charge in [-0.2, -0.15) is 0 Å². The molecule has 0 aromatic carbocycles. The minimum absolute atomic E-state index is 0.233. The van der Waals surface area contributed by atoms with Crippen molar-refractivity contribution in [1.29, 1.82) is 0 Å². The van der Waals surface area contributed by atoms with Crippen LogP contribution in [0.5, 0.6) is 0 Å². The summed E-state index contributed by atoms with van der Waals surface area (Å²) in [4.78, 5) is 13.1. The molecule has 1 aromatic rings. The monoisotopic (exact) mass is 249 g/mol. The normalized spacial score (nSPS) is 20.2. The Morgan fingerprint density at radius 2 is 2.17 bits per heavy atom. The molecule has 1 aliphatic heterocycles. The first kappa shape index (κ1) is 13.4. The molecule has 0 radical (unpaired) electrons. The van der Waals surface area contributed by atoms with Crippen molar-refractivity contribution in [1.82, 2.24) is 19.8 Å². The second-order valence-corrected chi connectivity index (χ2v) is 5.12. The number of nitrogens with two attached hydrogens (primary N) is 1. The lowest BCUT2D eigenvalue weighted by Crippen LogP contribution is -2.45. The van der Waals surface area contributed by atoms with Crippen molar-refractivity contribution < 1.29 is 0 Å². The van der Waals surface area contributed by atoms with Crippen LogP contribution in [0.1, 0.15) is 24.6 Å². The molecule has 1 atom stereocenters. The van der Waals surface area contributed by atoms with Gasteiger partial charge in [-0.3, -0.25) is 4.90 Å². The molecule has 0 amide bonds. The highest BCUT2D eigenvalue weighted by molar-refractivity contribution is 5.06. The molecule has 5 heteroatoms. The molecule has 2 rings (SSSR count). The summed E-state index contributed by atoms with van der Waals surface area (Å²) in [6, 6.07) is 2.90. The lowest BCUT2D eigenvalue weighted by molar-refractivity contribution is 0.109. The van der Waals surface area contributed by atoms with Gasteiger partial charge < -0.3 is 10.6 Å². The number of piperidine rings is 1. The van der Waals surface area contributed by atoms with Crippen molar-refractivity contribution in [3.63, 3.8) is 0 Å². The first-order chi connectivity index (χ1) is 8.72. The lowest BCUT2D eigenvalue weighted by atomic mass is 10.0. The quantitative estimate of drug-likeness (QED) is 0.842. The standard InChI is InChI=1S/C13H23N5/c1-17(2)11-4-7-18(8-5-11)13(9-14)12-3-6-15-10-16-12/h3,6,10-11,13H,4-5,7-9,14H2,1-2H3. The molecule has 0 saturated carbocycles. The van der Waals surface area contributed by atoms with Gasteiger partial charge in [0.1, 0.15) is 6.33 Å². The van der Waals surface area contributed by atoms with Crippen molar-refractivity contribution in [2.24, 2.45) is 5.73 Å². The van der Waals surface area contributed by atoms with E-state index >= 15 is 0 Å². The molecular formula is C13H23N5. The lowest BCUT2D eigenvalue weighted by Gasteiger charge is -2.38. The van der Waals surface area contributed by atoms with Crippen LogP contribution in [0.15, 0.2) is 18.6 Å². The van der Waals surface area contributed by atoms with Crippen LogP contribution in [0.4, 0.5) is 0 Å². The first-order valence-corrected chi connectivity index (χ1v) is 6.59. The summed E-state index contributed by atoms with van der Waals surface area (Å²) >= 11 is 0. The third-order valence-electron chi connectivity index (χ3n) is 3.84. The summed E-state index contributed by atoms with van der Waals surface area (Å²) in [5.41, 5.74) is 6.96. The molecule has 1 aromatic heterocycles. The Hall–Kier alpha value is -1.04. The fourth-order valence-electron chi connectivity index (χ4n) is 2.67. The average molecular weight is 249 g/mol. The van der Waals surface area contributed by atoms with E-state index in [2.05, 4.69) is 33.9 Å². The van der Waals surface area contributed by atoms with Crippen molar-refractivity contribution >= 4 is 0 Å². The van der Waals surface area contributed by atoms with Crippen LogP contribution in [0.3, 0.4) is 0 Å². The Bertz CT molecular complexity index is 346. The number of nitrogens with zero attached hydrogens (tertiary/aromatic N) is 4. The molecule has 0 spiro atoms. The Kier molecular flexibility index (Phi) is 4.63. The number of hydrogen-bond acceptors (Lipinski definition) is 5. The third-order valence-corrected chi connectivity index (χ3v) is 3.84. The zero-order chi connectivity index (χ0) is 13.0. The van der Waals surface area contributed by atoms with Crippen molar-refractivity contribution in [3.8, 4) is 0 Å². The molecular weight excluding hydrogens is 226 g/mol. The van der Waals surface area contributed by atoms with Crippen LogP contribution in [0, 0.1) is 0 Å². The summed E-state index contributed by atoms with van der Waals surface area (Å²) in [6.07, 6.45) is 5.80. The summed E-state index contributed by atoms with van der Waals surface area (Å²) in [5.74, 6) is 0. The van der Waals surface area contributed by atoms with Crippen LogP contribution < -0.4 is 5.73 Å². The minimum Gasteiger partial charge on any atom is -0.329 e. The molecule has 18 heavy (non-hydrogen) atoms. The zero-order valence-corrected chi connectivity index (χ0v) is 11.3. The van der Waals surface area contributed by atoms with Gasteiger partial charge in [0.05, 0.1) is 11.7 Å². The van der Waals surface area contributed by atoms with E-state index in [1.165, 1.54) is 12.8 Å². The van der Waals surface area contributed by atoms with Crippen LogP contribution in [0.2, 0.25) is 0 Å². The van der Waals surface area contributed by atoms with E-state index < -0.39 is 0 Å². The van der Waals surface area contributed by atoms with Gasteiger partial charge in [-0.1, -0.05) is 0 Å². The summed E-state index contributed by atoms with van der Waals surface area (Å²) in [7, 11) is 4.32. The van der Waals surface area contributed by atoms with Gasteiger partial charge in [0.25, 0.3) is 0 Å². The topological polar surface area (TPSA) is 58.3 Å². The molecule has 0 bridgehead atoms. The number of aromatic nitrogens is 2. The van der Waals surface area contributed by atoms with E-state index in [-0.39, 0.29) is 6.04 Å². The predicted octanol–water partition coefficient (Wildman–Crippen LogP) is 0.502. The molecule has 100 valence electrons. The molecule has 2 heterocycles. The SMILES string of the molecule is CN(C)C1CCN(C(CN)c2ccncn2)CC1. The first-order valence-electron chi connectivity index (χ1n) is 6.59.